The summed E-state index contributed by atoms with van der Waals surface area (Å²) in [6.45, 7) is 0.196. The molecule has 0 aromatic heterocycles. The molecule has 1 aliphatic heterocycles. The van der Waals surface area contributed by atoms with Gasteiger partial charge in [-0.1, -0.05) is 11.6 Å². The summed E-state index contributed by atoms with van der Waals surface area (Å²) in [6, 6.07) is 6.97. The zero-order valence-corrected chi connectivity index (χ0v) is 17.1. The summed E-state index contributed by atoms with van der Waals surface area (Å²) in [5.41, 5.74) is -0.154. The lowest BCUT2D eigenvalue weighted by molar-refractivity contribution is -0.120. The van der Waals surface area contributed by atoms with Crippen molar-refractivity contribution in [1.29, 1.82) is 0 Å². The third-order valence-corrected chi connectivity index (χ3v) is 6.86. The average Bonchev–Trinajstić information content (AvgIpc) is 2.70. The van der Waals surface area contributed by atoms with Crippen molar-refractivity contribution in [2.75, 3.05) is 25.5 Å². The smallest absolute Gasteiger partial charge is 0.243 e. The van der Waals surface area contributed by atoms with Gasteiger partial charge >= 0.3 is 0 Å². The maximum absolute atomic E-state index is 13.8. The molecule has 0 radical (unpaired) electrons. The lowest BCUT2D eigenvalue weighted by atomic mass is 9.98. The Kier molecular flexibility index (Phi) is 6.40. The molecule has 0 bridgehead atoms. The van der Waals surface area contributed by atoms with Crippen LogP contribution in [0.25, 0.3) is 0 Å². The number of sulfonamides is 1. The summed E-state index contributed by atoms with van der Waals surface area (Å²) in [6.07, 6.45) is 0.914. The van der Waals surface area contributed by atoms with Crippen LogP contribution in [0, 0.1) is 17.6 Å². The number of benzene rings is 2. The van der Waals surface area contributed by atoms with Gasteiger partial charge in [-0.25, -0.2) is 17.2 Å². The number of nitrogens with one attached hydrogen (secondary N) is 1. The van der Waals surface area contributed by atoms with Gasteiger partial charge in [-0.05, 0) is 43.2 Å². The molecule has 0 spiro atoms. The van der Waals surface area contributed by atoms with E-state index in [9.17, 15) is 22.0 Å². The van der Waals surface area contributed by atoms with Gasteiger partial charge in [0, 0.05) is 19.2 Å². The quantitative estimate of drug-likeness (QED) is 0.763. The van der Waals surface area contributed by atoms with Crippen molar-refractivity contribution in [2.45, 2.75) is 17.7 Å². The number of carbonyl (C=O) groups excluding carboxylic acids is 1. The zero-order valence-electron chi connectivity index (χ0n) is 15.5. The highest BCUT2D eigenvalue weighted by atomic mass is 35.5. The van der Waals surface area contributed by atoms with E-state index in [2.05, 4.69) is 5.32 Å². The van der Waals surface area contributed by atoms with Crippen molar-refractivity contribution in [1.82, 2.24) is 4.31 Å². The number of carbonyl (C=O) groups is 1. The van der Waals surface area contributed by atoms with Gasteiger partial charge in [0.1, 0.15) is 17.4 Å². The first kappa shape index (κ1) is 21.5. The Morgan fingerprint density at radius 3 is 2.66 bits per heavy atom. The van der Waals surface area contributed by atoms with Crippen molar-refractivity contribution in [3.8, 4) is 5.75 Å². The predicted molar refractivity (Wildman–Crippen MR) is 104 cm³/mol. The minimum atomic E-state index is -3.87. The Labute approximate surface area is 172 Å². The van der Waals surface area contributed by atoms with E-state index >= 15 is 0 Å². The van der Waals surface area contributed by atoms with Crippen LogP contribution in [0.1, 0.15) is 12.8 Å². The van der Waals surface area contributed by atoms with Crippen LogP contribution in [0.3, 0.4) is 0 Å². The fourth-order valence-corrected chi connectivity index (χ4v) is 5.03. The summed E-state index contributed by atoms with van der Waals surface area (Å²) < 4.78 is 58.9. The molecule has 1 atom stereocenters. The summed E-state index contributed by atoms with van der Waals surface area (Å²) in [4.78, 5) is 12.5. The third-order valence-electron chi connectivity index (χ3n) is 4.70. The normalized spacial score (nSPS) is 17.7. The molecule has 10 heteroatoms. The van der Waals surface area contributed by atoms with Gasteiger partial charge in [-0.3, -0.25) is 4.79 Å². The fraction of sp³-hybridized carbons (Fsp3) is 0.316. The van der Waals surface area contributed by atoms with Crippen LogP contribution in [0.2, 0.25) is 5.02 Å². The Balaban J connectivity index is 1.75. The first-order valence-electron chi connectivity index (χ1n) is 8.82. The van der Waals surface area contributed by atoms with Gasteiger partial charge in [0.25, 0.3) is 0 Å². The van der Waals surface area contributed by atoms with Crippen LogP contribution in [0.5, 0.6) is 5.75 Å². The SMILES string of the molecule is COc1ccc(S(=O)(=O)N2CCC[C@H](C(=O)Nc3ccc(F)cc3F)C2)cc1Cl. The molecule has 1 aliphatic rings. The molecule has 1 N–H and O–H groups in total. The Hall–Kier alpha value is -2.23. The predicted octanol–water partition coefficient (Wildman–Crippen LogP) is 3.67. The molecule has 1 heterocycles. The molecular weight excluding hydrogens is 426 g/mol. The van der Waals surface area contributed by atoms with Crippen molar-refractivity contribution in [3.05, 3.63) is 53.1 Å². The fourth-order valence-electron chi connectivity index (χ4n) is 3.16. The maximum Gasteiger partial charge on any atom is 0.243 e. The summed E-state index contributed by atoms with van der Waals surface area (Å²) >= 11 is 6.04. The minimum Gasteiger partial charge on any atom is -0.495 e. The van der Waals surface area contributed by atoms with Crippen LogP contribution in [-0.2, 0) is 14.8 Å². The second-order valence-corrected chi connectivity index (χ2v) is 8.96. The first-order valence-corrected chi connectivity index (χ1v) is 10.6. The number of methoxy groups -OCH3 is 1. The van der Waals surface area contributed by atoms with Gasteiger partial charge in [0.05, 0.1) is 28.6 Å². The van der Waals surface area contributed by atoms with Crippen LogP contribution >= 0.6 is 11.6 Å². The third kappa shape index (κ3) is 4.68. The average molecular weight is 445 g/mol. The van der Waals surface area contributed by atoms with E-state index in [1.54, 1.807) is 0 Å². The number of hydrogen-bond donors (Lipinski definition) is 1. The Bertz CT molecular complexity index is 1030. The van der Waals surface area contributed by atoms with E-state index in [-0.39, 0.29) is 28.7 Å². The van der Waals surface area contributed by atoms with E-state index in [1.165, 1.54) is 29.6 Å². The van der Waals surface area contributed by atoms with Crippen molar-refractivity contribution in [2.24, 2.45) is 5.92 Å². The van der Waals surface area contributed by atoms with Gasteiger partial charge in [0.15, 0.2) is 0 Å². The zero-order chi connectivity index (χ0) is 21.2. The van der Waals surface area contributed by atoms with E-state index in [0.717, 1.165) is 12.1 Å². The van der Waals surface area contributed by atoms with Crippen LogP contribution in [0.15, 0.2) is 41.3 Å². The highest BCUT2D eigenvalue weighted by molar-refractivity contribution is 7.89. The number of nitrogens with zero attached hydrogens (tertiary/aromatic N) is 1. The number of piperidine rings is 1. The van der Waals surface area contributed by atoms with E-state index in [4.69, 9.17) is 16.3 Å². The number of anilines is 1. The highest BCUT2D eigenvalue weighted by Gasteiger charge is 2.34. The van der Waals surface area contributed by atoms with Crippen LogP contribution in [-0.4, -0.2) is 38.8 Å². The minimum absolute atomic E-state index is 0.00561. The van der Waals surface area contributed by atoms with Crippen molar-refractivity contribution >= 4 is 33.2 Å². The number of rotatable bonds is 5. The number of hydrogen-bond acceptors (Lipinski definition) is 4. The van der Waals surface area contributed by atoms with Crippen LogP contribution < -0.4 is 10.1 Å². The first-order chi connectivity index (χ1) is 13.7. The number of ether oxygens (including phenoxy) is 1. The highest BCUT2D eigenvalue weighted by Crippen LogP contribution is 2.30. The number of amides is 1. The second-order valence-electron chi connectivity index (χ2n) is 6.61. The second kappa shape index (κ2) is 8.64. The standard InChI is InChI=1S/C19H19ClF2N2O4S/c1-28-18-7-5-14(10-15(18)20)29(26,27)24-8-2-3-12(11-24)19(25)23-17-6-4-13(21)9-16(17)22/h4-7,9-10,12H,2-3,8,11H2,1H3,(H,23,25)/t12-/m0/s1. The Morgan fingerprint density at radius 1 is 1.24 bits per heavy atom. The molecule has 0 aliphatic carbocycles. The molecule has 1 fully saturated rings. The largest absolute Gasteiger partial charge is 0.495 e. The van der Waals surface area contributed by atoms with E-state index < -0.39 is 33.5 Å². The molecular formula is C19H19ClF2N2O4S. The molecule has 6 nitrogen and oxygen atoms in total. The van der Waals surface area contributed by atoms with Crippen molar-refractivity contribution in [3.63, 3.8) is 0 Å². The van der Waals surface area contributed by atoms with Gasteiger partial charge in [-0.15, -0.1) is 0 Å². The van der Waals surface area contributed by atoms with E-state index in [1.807, 2.05) is 0 Å². The summed E-state index contributed by atoms with van der Waals surface area (Å²) in [7, 11) is -2.45. The van der Waals surface area contributed by atoms with Gasteiger partial charge in [-0.2, -0.15) is 4.31 Å². The maximum atomic E-state index is 13.8. The van der Waals surface area contributed by atoms with E-state index in [0.29, 0.717) is 24.7 Å². The van der Waals surface area contributed by atoms with Gasteiger partial charge < -0.3 is 10.1 Å². The van der Waals surface area contributed by atoms with Crippen LogP contribution in [0.4, 0.5) is 14.5 Å². The molecule has 0 saturated carbocycles. The topological polar surface area (TPSA) is 75.7 Å². The number of halogens is 3. The molecule has 2 aromatic rings. The molecule has 0 unspecified atom stereocenters. The monoisotopic (exact) mass is 444 g/mol. The summed E-state index contributed by atoms with van der Waals surface area (Å²) in [5, 5.41) is 2.56. The molecule has 29 heavy (non-hydrogen) atoms. The lowest BCUT2D eigenvalue weighted by Gasteiger charge is -2.31. The molecule has 2 aromatic carbocycles. The molecule has 3 rings (SSSR count). The van der Waals surface area contributed by atoms with Crippen molar-refractivity contribution < 1.29 is 26.7 Å². The molecule has 1 amide bonds. The molecule has 1 saturated heterocycles. The lowest BCUT2D eigenvalue weighted by Crippen LogP contribution is -2.43. The Morgan fingerprint density at radius 2 is 2.00 bits per heavy atom. The molecule has 156 valence electrons. The van der Waals surface area contributed by atoms with Gasteiger partial charge in [0.2, 0.25) is 15.9 Å². The summed E-state index contributed by atoms with van der Waals surface area (Å²) in [5.74, 6) is -2.50.